The number of carbonyl (C=O) groups is 1. The zero-order valence-corrected chi connectivity index (χ0v) is 14.8. The number of likely N-dealkylation sites (N-methyl/N-ethyl adjacent to an activating group) is 1. The van der Waals surface area contributed by atoms with E-state index in [0.717, 1.165) is 0 Å². The summed E-state index contributed by atoms with van der Waals surface area (Å²) in [6, 6.07) is 10.5. The van der Waals surface area contributed by atoms with Crippen molar-refractivity contribution in [3.63, 3.8) is 0 Å². The van der Waals surface area contributed by atoms with Gasteiger partial charge in [-0.2, -0.15) is 5.26 Å². The largest absolute Gasteiger partial charge is 0.337 e. The first-order valence-electron chi connectivity index (χ1n) is 7.34. The highest BCUT2D eigenvalue weighted by molar-refractivity contribution is 7.98. The van der Waals surface area contributed by atoms with Crippen molar-refractivity contribution in [1.82, 2.24) is 10.2 Å². The number of hydrogen-bond donors (Lipinski definition) is 1. The van der Waals surface area contributed by atoms with E-state index in [1.807, 2.05) is 32.1 Å². The Morgan fingerprint density at radius 2 is 2.00 bits per heavy atom. The zero-order chi connectivity index (χ0) is 16.8. The molecule has 0 saturated heterocycles. The Balaban J connectivity index is 2.55. The number of nitriles is 1. The van der Waals surface area contributed by atoms with Crippen molar-refractivity contribution >= 4 is 17.7 Å². The fourth-order valence-corrected chi connectivity index (χ4v) is 2.38. The van der Waals surface area contributed by atoms with Crippen molar-refractivity contribution in [2.75, 3.05) is 19.8 Å². The van der Waals surface area contributed by atoms with Crippen molar-refractivity contribution in [3.05, 3.63) is 29.8 Å². The predicted molar refractivity (Wildman–Crippen MR) is 91.6 cm³/mol. The van der Waals surface area contributed by atoms with Gasteiger partial charge in [0, 0.05) is 11.4 Å². The highest BCUT2D eigenvalue weighted by Gasteiger charge is 2.30. The van der Waals surface area contributed by atoms with Gasteiger partial charge in [-0.1, -0.05) is 26.0 Å². The standard InChI is InChI=1S/C17H25N3OS/c1-13(2)17(3,12-18)19-16(21)11-20(4)10-14-6-8-15(22-5)9-7-14/h6-9,13H,10-11H2,1-5H3,(H,19,21)/t17-/m1/s1. The van der Waals surface area contributed by atoms with Crippen molar-refractivity contribution < 1.29 is 4.79 Å². The van der Waals surface area contributed by atoms with Gasteiger partial charge in [0.1, 0.15) is 5.54 Å². The maximum atomic E-state index is 12.1. The number of carbonyl (C=O) groups excluding carboxylic acids is 1. The van der Waals surface area contributed by atoms with Crippen LogP contribution < -0.4 is 5.32 Å². The molecule has 0 aliphatic heterocycles. The molecule has 1 rings (SSSR count). The molecule has 0 aromatic heterocycles. The van der Waals surface area contributed by atoms with Crippen molar-refractivity contribution in [2.45, 2.75) is 37.8 Å². The minimum Gasteiger partial charge on any atom is -0.337 e. The van der Waals surface area contributed by atoms with Crippen LogP contribution in [-0.2, 0) is 11.3 Å². The maximum Gasteiger partial charge on any atom is 0.235 e. The number of amides is 1. The molecule has 0 aliphatic rings. The van der Waals surface area contributed by atoms with Crippen LogP contribution in [0.1, 0.15) is 26.3 Å². The van der Waals surface area contributed by atoms with Gasteiger partial charge in [0.2, 0.25) is 5.91 Å². The molecule has 0 aliphatic carbocycles. The molecule has 1 aromatic carbocycles. The lowest BCUT2D eigenvalue weighted by atomic mass is 9.90. The Morgan fingerprint density at radius 3 is 2.45 bits per heavy atom. The molecular weight excluding hydrogens is 294 g/mol. The van der Waals surface area contributed by atoms with E-state index in [2.05, 4.69) is 35.7 Å². The molecule has 1 N–H and O–H groups in total. The van der Waals surface area contributed by atoms with Gasteiger partial charge in [-0.25, -0.2) is 0 Å². The molecule has 0 saturated carbocycles. The average molecular weight is 319 g/mol. The Morgan fingerprint density at radius 1 is 1.41 bits per heavy atom. The lowest BCUT2D eigenvalue weighted by Crippen LogP contribution is -2.51. The summed E-state index contributed by atoms with van der Waals surface area (Å²) >= 11 is 1.71. The van der Waals surface area contributed by atoms with Crippen LogP contribution in [0.3, 0.4) is 0 Å². The summed E-state index contributed by atoms with van der Waals surface area (Å²) in [4.78, 5) is 15.3. The van der Waals surface area contributed by atoms with Crippen LogP contribution in [-0.4, -0.2) is 36.2 Å². The SMILES string of the molecule is CSc1ccc(CN(C)CC(=O)N[C@](C)(C#N)C(C)C)cc1. The monoisotopic (exact) mass is 319 g/mol. The minimum absolute atomic E-state index is 0.0610. The van der Waals surface area contributed by atoms with Gasteiger partial charge in [0.25, 0.3) is 0 Å². The number of hydrogen-bond acceptors (Lipinski definition) is 4. The normalized spacial score (nSPS) is 13.7. The van der Waals surface area contributed by atoms with Gasteiger partial charge in [-0.05, 0) is 43.8 Å². The Labute approximate surface area is 137 Å². The highest BCUT2D eigenvalue weighted by Crippen LogP contribution is 2.16. The molecule has 120 valence electrons. The molecular formula is C17H25N3OS. The number of nitrogens with zero attached hydrogens (tertiary/aromatic N) is 2. The molecule has 4 nitrogen and oxygen atoms in total. The second-order valence-corrected chi connectivity index (χ2v) is 6.92. The van der Waals surface area contributed by atoms with Crippen LogP contribution in [0, 0.1) is 17.2 Å². The summed E-state index contributed by atoms with van der Waals surface area (Å²) in [5.41, 5.74) is 0.345. The number of nitrogens with one attached hydrogen (secondary N) is 1. The van der Waals surface area contributed by atoms with Gasteiger partial charge >= 0.3 is 0 Å². The van der Waals surface area contributed by atoms with Crippen molar-refractivity contribution in [1.29, 1.82) is 5.26 Å². The summed E-state index contributed by atoms with van der Waals surface area (Å²) in [6.07, 6.45) is 2.05. The van der Waals surface area contributed by atoms with E-state index >= 15 is 0 Å². The second-order valence-electron chi connectivity index (χ2n) is 6.04. The van der Waals surface area contributed by atoms with Crippen LogP contribution in [0.4, 0.5) is 0 Å². The summed E-state index contributed by atoms with van der Waals surface area (Å²) < 4.78 is 0. The van der Waals surface area contributed by atoms with Crippen LogP contribution >= 0.6 is 11.8 Å². The average Bonchev–Trinajstić information content (AvgIpc) is 2.47. The molecule has 0 heterocycles. The van der Waals surface area contributed by atoms with Crippen molar-refractivity contribution in [3.8, 4) is 6.07 Å². The second kappa shape index (κ2) is 8.21. The molecule has 0 unspecified atom stereocenters. The van der Waals surface area contributed by atoms with Gasteiger partial charge in [0.15, 0.2) is 0 Å². The molecule has 1 aromatic rings. The van der Waals surface area contributed by atoms with Crippen LogP contribution in [0.25, 0.3) is 0 Å². The smallest absolute Gasteiger partial charge is 0.235 e. The summed E-state index contributed by atoms with van der Waals surface area (Å²) in [7, 11) is 1.90. The van der Waals surface area contributed by atoms with Crippen LogP contribution in [0.5, 0.6) is 0 Å². The van der Waals surface area contributed by atoms with E-state index in [-0.39, 0.29) is 18.4 Å². The lowest BCUT2D eigenvalue weighted by molar-refractivity contribution is -0.123. The molecule has 0 bridgehead atoms. The third kappa shape index (κ3) is 5.36. The van der Waals surface area contributed by atoms with Gasteiger partial charge in [0.05, 0.1) is 12.6 Å². The quantitative estimate of drug-likeness (QED) is 0.785. The summed E-state index contributed by atoms with van der Waals surface area (Å²) in [6.45, 7) is 6.60. The fraction of sp³-hybridized carbons (Fsp3) is 0.529. The first-order valence-corrected chi connectivity index (χ1v) is 8.57. The number of benzene rings is 1. The predicted octanol–water partition coefficient (Wildman–Crippen LogP) is 2.89. The molecule has 22 heavy (non-hydrogen) atoms. The van der Waals surface area contributed by atoms with Gasteiger partial charge < -0.3 is 5.32 Å². The van der Waals surface area contributed by atoms with E-state index in [1.54, 1.807) is 18.7 Å². The van der Waals surface area contributed by atoms with E-state index in [1.165, 1.54) is 10.5 Å². The van der Waals surface area contributed by atoms with Crippen LogP contribution in [0.15, 0.2) is 29.2 Å². The first-order chi connectivity index (χ1) is 10.3. The molecule has 0 spiro atoms. The molecule has 0 fully saturated rings. The lowest BCUT2D eigenvalue weighted by Gasteiger charge is -2.28. The number of thioether (sulfide) groups is 1. The highest BCUT2D eigenvalue weighted by atomic mass is 32.2. The minimum atomic E-state index is -0.822. The fourth-order valence-electron chi connectivity index (χ4n) is 1.97. The van der Waals surface area contributed by atoms with E-state index in [0.29, 0.717) is 6.54 Å². The molecule has 1 atom stereocenters. The Kier molecular flexibility index (Phi) is 6.92. The van der Waals surface area contributed by atoms with E-state index in [9.17, 15) is 10.1 Å². The van der Waals surface area contributed by atoms with Crippen LogP contribution in [0.2, 0.25) is 0 Å². The van der Waals surface area contributed by atoms with E-state index < -0.39 is 5.54 Å². The number of rotatable bonds is 7. The maximum absolute atomic E-state index is 12.1. The third-order valence-corrected chi connectivity index (χ3v) is 4.55. The van der Waals surface area contributed by atoms with Gasteiger partial charge in [-0.3, -0.25) is 9.69 Å². The first kappa shape index (κ1) is 18.5. The van der Waals surface area contributed by atoms with Gasteiger partial charge in [-0.15, -0.1) is 11.8 Å². The Bertz CT molecular complexity index is 536. The topological polar surface area (TPSA) is 56.1 Å². The Hall–Kier alpha value is -1.51. The zero-order valence-electron chi connectivity index (χ0n) is 14.0. The van der Waals surface area contributed by atoms with E-state index in [4.69, 9.17) is 0 Å². The third-order valence-electron chi connectivity index (χ3n) is 3.81. The summed E-state index contributed by atoms with van der Waals surface area (Å²) in [5.74, 6) is -0.0631. The summed E-state index contributed by atoms with van der Waals surface area (Å²) in [5, 5.41) is 12.1. The molecule has 1 amide bonds. The van der Waals surface area contributed by atoms with Crippen molar-refractivity contribution in [2.24, 2.45) is 5.92 Å². The molecule has 5 heteroatoms. The molecule has 0 radical (unpaired) electrons.